The monoisotopic (exact) mass is 250 g/mol. The fourth-order valence-corrected chi connectivity index (χ4v) is 1.61. The molecule has 0 fully saturated rings. The zero-order chi connectivity index (χ0) is 12.8. The van der Waals surface area contributed by atoms with Gasteiger partial charge in [0.2, 0.25) is 0 Å². The van der Waals surface area contributed by atoms with Gasteiger partial charge in [0.25, 0.3) is 0 Å². The smallest absolute Gasteiger partial charge is 0.174 e. The minimum absolute atomic E-state index is 0.370. The van der Waals surface area contributed by atoms with Crippen molar-refractivity contribution in [3.63, 3.8) is 0 Å². The zero-order valence-corrected chi connectivity index (χ0v) is 10.7. The van der Waals surface area contributed by atoms with Crippen LogP contribution in [0.25, 0.3) is 0 Å². The molecule has 0 unspecified atom stereocenters. The Labute approximate surface area is 106 Å². The highest BCUT2D eigenvalue weighted by Crippen LogP contribution is 2.12. The van der Waals surface area contributed by atoms with Crippen molar-refractivity contribution in [1.29, 1.82) is 0 Å². The molecule has 0 spiro atoms. The summed E-state index contributed by atoms with van der Waals surface area (Å²) < 4.78 is 12.6. The van der Waals surface area contributed by atoms with Crippen molar-refractivity contribution < 1.29 is 9.26 Å². The number of nitrogens with one attached hydrogen (secondary N) is 1. The molecule has 1 N–H and O–H groups in total. The summed E-state index contributed by atoms with van der Waals surface area (Å²) in [6.45, 7) is 4.07. The first-order valence-corrected chi connectivity index (χ1v) is 6.06. The highest BCUT2D eigenvalue weighted by atomic mass is 16.5. The molecule has 0 aliphatic heterocycles. The Hall–Kier alpha value is -1.82. The van der Waals surface area contributed by atoms with Crippen LogP contribution < -0.4 is 10.1 Å². The van der Waals surface area contributed by atoms with Crippen LogP contribution >= 0.6 is 0 Å². The lowest BCUT2D eigenvalue weighted by atomic mass is 10.4. The molecule has 0 saturated carbocycles. The summed E-state index contributed by atoms with van der Waals surface area (Å²) in [5.41, 5.74) is 0.873. The van der Waals surface area contributed by atoms with Crippen molar-refractivity contribution in [2.24, 2.45) is 0 Å². The third-order valence-electron chi connectivity index (χ3n) is 2.41. The van der Waals surface area contributed by atoms with Crippen LogP contribution in [0.3, 0.4) is 0 Å². The Kier molecular flexibility index (Phi) is 4.35. The highest BCUT2D eigenvalue weighted by molar-refractivity contribution is 5.13. The zero-order valence-electron chi connectivity index (χ0n) is 10.7. The van der Waals surface area contributed by atoms with Crippen LogP contribution in [0.15, 0.2) is 23.0 Å². The van der Waals surface area contributed by atoms with Crippen molar-refractivity contribution in [3.8, 4) is 5.75 Å². The predicted molar refractivity (Wildman–Crippen MR) is 66.1 cm³/mol. The third kappa shape index (κ3) is 3.33. The van der Waals surface area contributed by atoms with Crippen LogP contribution in [-0.4, -0.2) is 22.0 Å². The van der Waals surface area contributed by atoms with E-state index in [0.717, 1.165) is 24.4 Å². The van der Waals surface area contributed by atoms with Gasteiger partial charge >= 0.3 is 0 Å². The summed E-state index contributed by atoms with van der Waals surface area (Å²) in [4.78, 5) is 0. The van der Waals surface area contributed by atoms with Crippen molar-refractivity contribution >= 4 is 0 Å². The fourth-order valence-electron chi connectivity index (χ4n) is 1.61. The minimum atomic E-state index is 0.370. The van der Waals surface area contributed by atoms with Gasteiger partial charge in [0.05, 0.1) is 18.1 Å². The molecule has 18 heavy (non-hydrogen) atoms. The average molecular weight is 250 g/mol. The quantitative estimate of drug-likeness (QED) is 0.808. The Balaban J connectivity index is 1.85. The van der Waals surface area contributed by atoms with E-state index in [4.69, 9.17) is 9.26 Å². The predicted octanol–water partition coefficient (Wildman–Crippen LogP) is 1.58. The normalized spacial score (nSPS) is 10.8. The van der Waals surface area contributed by atoms with Crippen LogP contribution in [0, 0.1) is 0 Å². The molecule has 0 radical (unpaired) electrons. The topological polar surface area (TPSA) is 65.1 Å². The molecule has 0 aromatic carbocycles. The number of aryl methyl sites for hydroxylation is 1. The van der Waals surface area contributed by atoms with Crippen molar-refractivity contribution in [2.75, 3.05) is 7.05 Å². The van der Waals surface area contributed by atoms with Gasteiger partial charge in [0.15, 0.2) is 11.5 Å². The third-order valence-corrected chi connectivity index (χ3v) is 2.41. The Morgan fingerprint density at radius 3 is 3.17 bits per heavy atom. The van der Waals surface area contributed by atoms with Gasteiger partial charge in [0, 0.05) is 19.2 Å². The summed E-state index contributed by atoms with van der Waals surface area (Å²) in [5.74, 6) is 1.46. The molecule has 0 aliphatic rings. The first-order valence-electron chi connectivity index (χ1n) is 6.06. The Bertz CT molecular complexity index is 434. The van der Waals surface area contributed by atoms with Gasteiger partial charge in [0.1, 0.15) is 6.61 Å². The second-order valence-electron chi connectivity index (χ2n) is 4.04. The molecule has 2 rings (SSSR count). The molecule has 2 aromatic rings. The van der Waals surface area contributed by atoms with Crippen molar-refractivity contribution in [2.45, 2.75) is 33.0 Å². The summed E-state index contributed by atoms with van der Waals surface area (Å²) in [6.07, 6.45) is 4.64. The first-order chi connectivity index (χ1) is 8.81. The SMILES string of the molecule is CCCn1cc(OCc2cc(CNC)no2)cn1. The van der Waals surface area contributed by atoms with Gasteiger partial charge in [-0.25, -0.2) is 0 Å². The number of nitrogens with zero attached hydrogens (tertiary/aromatic N) is 3. The van der Waals surface area contributed by atoms with E-state index in [9.17, 15) is 0 Å². The van der Waals surface area contributed by atoms with E-state index < -0.39 is 0 Å². The maximum Gasteiger partial charge on any atom is 0.174 e. The maximum absolute atomic E-state index is 5.57. The van der Waals surface area contributed by atoms with E-state index >= 15 is 0 Å². The highest BCUT2D eigenvalue weighted by Gasteiger charge is 2.05. The van der Waals surface area contributed by atoms with Crippen LogP contribution in [0.4, 0.5) is 0 Å². The molecule has 0 amide bonds. The van der Waals surface area contributed by atoms with Gasteiger partial charge < -0.3 is 14.6 Å². The molecule has 6 heteroatoms. The molecular formula is C12H18N4O2. The largest absolute Gasteiger partial charge is 0.482 e. The second-order valence-corrected chi connectivity index (χ2v) is 4.04. The lowest BCUT2D eigenvalue weighted by molar-refractivity contribution is 0.248. The summed E-state index contributed by atoms with van der Waals surface area (Å²) in [5, 5.41) is 11.1. The number of ether oxygens (including phenoxy) is 1. The number of aromatic nitrogens is 3. The van der Waals surface area contributed by atoms with E-state index in [2.05, 4.69) is 22.5 Å². The molecule has 2 heterocycles. The molecule has 0 saturated heterocycles. The van der Waals surface area contributed by atoms with E-state index in [1.165, 1.54) is 0 Å². The van der Waals surface area contributed by atoms with Gasteiger partial charge in [-0.3, -0.25) is 4.68 Å². The lowest BCUT2D eigenvalue weighted by Gasteiger charge is -1.98. The van der Waals surface area contributed by atoms with E-state index in [0.29, 0.717) is 18.9 Å². The van der Waals surface area contributed by atoms with Gasteiger partial charge in [-0.2, -0.15) is 5.10 Å². The summed E-state index contributed by atoms with van der Waals surface area (Å²) >= 11 is 0. The second kappa shape index (κ2) is 6.20. The molecule has 2 aromatic heterocycles. The lowest BCUT2D eigenvalue weighted by Crippen LogP contribution is -2.04. The number of hydrogen-bond acceptors (Lipinski definition) is 5. The number of hydrogen-bond donors (Lipinski definition) is 1. The van der Waals surface area contributed by atoms with E-state index in [1.54, 1.807) is 6.20 Å². The fraction of sp³-hybridized carbons (Fsp3) is 0.500. The van der Waals surface area contributed by atoms with Crippen molar-refractivity contribution in [1.82, 2.24) is 20.3 Å². The van der Waals surface area contributed by atoms with Crippen molar-refractivity contribution in [3.05, 3.63) is 29.9 Å². The molecule has 0 atom stereocenters. The minimum Gasteiger partial charge on any atom is -0.482 e. The number of rotatable bonds is 7. The van der Waals surface area contributed by atoms with E-state index in [-0.39, 0.29) is 0 Å². The maximum atomic E-state index is 5.57. The van der Waals surface area contributed by atoms with Crippen LogP contribution in [0.2, 0.25) is 0 Å². The van der Waals surface area contributed by atoms with Crippen LogP contribution in [0.5, 0.6) is 5.75 Å². The first kappa shape index (κ1) is 12.6. The summed E-state index contributed by atoms with van der Waals surface area (Å²) in [6, 6.07) is 1.88. The average Bonchev–Trinajstić information content (AvgIpc) is 2.97. The van der Waals surface area contributed by atoms with Gasteiger partial charge in [-0.1, -0.05) is 12.1 Å². The Morgan fingerprint density at radius 2 is 2.39 bits per heavy atom. The molecule has 0 bridgehead atoms. The van der Waals surface area contributed by atoms with E-state index in [1.807, 2.05) is 24.0 Å². The molecule has 0 aliphatic carbocycles. The summed E-state index contributed by atoms with van der Waals surface area (Å²) in [7, 11) is 1.87. The standard InChI is InChI=1S/C12H18N4O2/c1-3-4-16-8-12(7-14-16)17-9-11-5-10(6-13-2)15-18-11/h5,7-8,13H,3-4,6,9H2,1-2H3. The molecule has 98 valence electrons. The Morgan fingerprint density at radius 1 is 1.50 bits per heavy atom. The van der Waals surface area contributed by atoms with Crippen LogP contribution in [-0.2, 0) is 19.7 Å². The van der Waals surface area contributed by atoms with Gasteiger partial charge in [-0.15, -0.1) is 0 Å². The van der Waals surface area contributed by atoms with Gasteiger partial charge in [-0.05, 0) is 13.5 Å². The van der Waals surface area contributed by atoms with Crippen LogP contribution in [0.1, 0.15) is 24.8 Å². The molecule has 6 nitrogen and oxygen atoms in total. The molecular weight excluding hydrogens is 232 g/mol.